The lowest BCUT2D eigenvalue weighted by Crippen LogP contribution is -2.19. The molecule has 3 nitrogen and oxygen atoms in total. The van der Waals surface area contributed by atoms with Gasteiger partial charge < -0.3 is 4.90 Å². The SMILES string of the molecule is Fc1ccc(-c2nc(N3CCCC3)c3ccccc3n2)cc1. The minimum Gasteiger partial charge on any atom is -0.356 e. The van der Waals surface area contributed by atoms with Crippen LogP contribution < -0.4 is 4.90 Å². The molecule has 22 heavy (non-hydrogen) atoms. The number of aromatic nitrogens is 2. The highest BCUT2D eigenvalue weighted by molar-refractivity contribution is 5.91. The number of anilines is 1. The lowest BCUT2D eigenvalue weighted by molar-refractivity contribution is 0.628. The number of fused-ring (bicyclic) bond motifs is 1. The normalized spacial score (nSPS) is 14.7. The molecule has 1 fully saturated rings. The number of hydrogen-bond acceptors (Lipinski definition) is 3. The molecule has 4 rings (SSSR count). The topological polar surface area (TPSA) is 29.0 Å². The molecule has 0 N–H and O–H groups in total. The van der Waals surface area contributed by atoms with Gasteiger partial charge in [-0.25, -0.2) is 14.4 Å². The molecule has 1 aliphatic rings. The highest BCUT2D eigenvalue weighted by Crippen LogP contribution is 2.29. The Labute approximate surface area is 128 Å². The van der Waals surface area contributed by atoms with Crippen LogP contribution >= 0.6 is 0 Å². The van der Waals surface area contributed by atoms with Gasteiger partial charge in [0.15, 0.2) is 5.82 Å². The van der Waals surface area contributed by atoms with Gasteiger partial charge in [0.25, 0.3) is 0 Å². The van der Waals surface area contributed by atoms with E-state index in [0.29, 0.717) is 5.82 Å². The number of para-hydroxylation sites is 1. The zero-order valence-corrected chi connectivity index (χ0v) is 12.2. The first-order valence-corrected chi connectivity index (χ1v) is 7.59. The van der Waals surface area contributed by atoms with Crippen LogP contribution in [0.25, 0.3) is 22.3 Å². The van der Waals surface area contributed by atoms with E-state index in [9.17, 15) is 4.39 Å². The van der Waals surface area contributed by atoms with E-state index in [1.807, 2.05) is 18.2 Å². The maximum absolute atomic E-state index is 13.1. The van der Waals surface area contributed by atoms with E-state index in [4.69, 9.17) is 4.98 Å². The van der Waals surface area contributed by atoms with Crippen LogP contribution in [0.15, 0.2) is 48.5 Å². The van der Waals surface area contributed by atoms with Gasteiger partial charge in [0.05, 0.1) is 5.52 Å². The van der Waals surface area contributed by atoms with Crippen molar-refractivity contribution in [3.63, 3.8) is 0 Å². The third-order valence-corrected chi connectivity index (χ3v) is 4.09. The van der Waals surface area contributed by atoms with Crippen molar-refractivity contribution in [2.45, 2.75) is 12.8 Å². The van der Waals surface area contributed by atoms with Gasteiger partial charge in [-0.3, -0.25) is 0 Å². The Morgan fingerprint density at radius 3 is 2.36 bits per heavy atom. The van der Waals surface area contributed by atoms with Gasteiger partial charge in [0.2, 0.25) is 0 Å². The molecule has 1 aliphatic heterocycles. The molecule has 0 unspecified atom stereocenters. The molecular formula is C18H16FN3. The molecule has 4 heteroatoms. The highest BCUT2D eigenvalue weighted by Gasteiger charge is 2.18. The first kappa shape index (κ1) is 13.2. The number of hydrogen-bond donors (Lipinski definition) is 0. The Morgan fingerprint density at radius 1 is 0.864 bits per heavy atom. The fourth-order valence-electron chi connectivity index (χ4n) is 2.96. The molecular weight excluding hydrogens is 277 g/mol. The molecule has 0 amide bonds. The molecule has 0 bridgehead atoms. The van der Waals surface area contributed by atoms with E-state index in [1.54, 1.807) is 12.1 Å². The number of halogens is 1. The minimum absolute atomic E-state index is 0.246. The van der Waals surface area contributed by atoms with Gasteiger partial charge >= 0.3 is 0 Å². The standard InChI is InChI=1S/C18H16FN3/c19-14-9-7-13(8-10-14)17-20-16-6-2-1-5-15(16)18(21-17)22-11-3-4-12-22/h1-2,5-10H,3-4,11-12H2. The van der Waals surface area contributed by atoms with E-state index in [0.717, 1.165) is 35.4 Å². The molecule has 2 heterocycles. The fourth-order valence-corrected chi connectivity index (χ4v) is 2.96. The van der Waals surface area contributed by atoms with Gasteiger partial charge in [-0.2, -0.15) is 0 Å². The van der Waals surface area contributed by atoms with Crippen molar-refractivity contribution in [3.8, 4) is 11.4 Å². The molecule has 0 aliphatic carbocycles. The number of benzene rings is 2. The maximum atomic E-state index is 13.1. The van der Waals surface area contributed by atoms with Gasteiger partial charge in [-0.05, 0) is 49.2 Å². The second kappa shape index (κ2) is 5.37. The highest BCUT2D eigenvalue weighted by atomic mass is 19.1. The second-order valence-electron chi connectivity index (χ2n) is 5.59. The molecule has 3 aromatic rings. The average Bonchev–Trinajstić information content (AvgIpc) is 3.09. The lowest BCUT2D eigenvalue weighted by Gasteiger charge is -2.19. The van der Waals surface area contributed by atoms with Gasteiger partial charge in [0, 0.05) is 24.0 Å². The summed E-state index contributed by atoms with van der Waals surface area (Å²) in [6.45, 7) is 2.06. The van der Waals surface area contributed by atoms with Crippen LogP contribution in [0.3, 0.4) is 0 Å². The second-order valence-corrected chi connectivity index (χ2v) is 5.59. The van der Waals surface area contributed by atoms with Gasteiger partial charge in [-0.1, -0.05) is 12.1 Å². The monoisotopic (exact) mass is 293 g/mol. The van der Waals surface area contributed by atoms with E-state index in [-0.39, 0.29) is 5.82 Å². The summed E-state index contributed by atoms with van der Waals surface area (Å²) in [4.78, 5) is 11.7. The van der Waals surface area contributed by atoms with Crippen molar-refractivity contribution in [1.29, 1.82) is 0 Å². The predicted molar refractivity (Wildman–Crippen MR) is 86.4 cm³/mol. The van der Waals surface area contributed by atoms with E-state index >= 15 is 0 Å². The van der Waals surface area contributed by atoms with Crippen LogP contribution in [-0.4, -0.2) is 23.1 Å². The zero-order chi connectivity index (χ0) is 14.9. The average molecular weight is 293 g/mol. The predicted octanol–water partition coefficient (Wildman–Crippen LogP) is 4.04. The molecule has 0 saturated carbocycles. The molecule has 0 spiro atoms. The summed E-state index contributed by atoms with van der Waals surface area (Å²) in [7, 11) is 0. The molecule has 0 atom stereocenters. The summed E-state index contributed by atoms with van der Waals surface area (Å²) in [5.41, 5.74) is 1.77. The van der Waals surface area contributed by atoms with Crippen LogP contribution in [-0.2, 0) is 0 Å². The number of nitrogens with zero attached hydrogens (tertiary/aromatic N) is 3. The number of rotatable bonds is 2. The summed E-state index contributed by atoms with van der Waals surface area (Å²) in [6.07, 6.45) is 2.40. The Morgan fingerprint density at radius 2 is 1.59 bits per heavy atom. The van der Waals surface area contributed by atoms with E-state index in [1.165, 1.54) is 25.0 Å². The van der Waals surface area contributed by atoms with Crippen molar-refractivity contribution in [2.75, 3.05) is 18.0 Å². The Kier molecular flexibility index (Phi) is 3.22. The van der Waals surface area contributed by atoms with Crippen molar-refractivity contribution in [2.24, 2.45) is 0 Å². The quantitative estimate of drug-likeness (QED) is 0.714. The first-order valence-electron chi connectivity index (χ1n) is 7.59. The smallest absolute Gasteiger partial charge is 0.162 e. The Balaban J connectivity index is 1.90. The molecule has 1 aromatic heterocycles. The van der Waals surface area contributed by atoms with Crippen LogP contribution in [0.4, 0.5) is 10.2 Å². The van der Waals surface area contributed by atoms with Gasteiger partial charge in [0.1, 0.15) is 11.6 Å². The molecule has 0 radical (unpaired) electrons. The summed E-state index contributed by atoms with van der Waals surface area (Å²) >= 11 is 0. The molecule has 110 valence electrons. The summed E-state index contributed by atoms with van der Waals surface area (Å²) in [5, 5.41) is 1.08. The third-order valence-electron chi connectivity index (χ3n) is 4.09. The van der Waals surface area contributed by atoms with E-state index < -0.39 is 0 Å². The van der Waals surface area contributed by atoms with Crippen molar-refractivity contribution in [3.05, 3.63) is 54.3 Å². The Hall–Kier alpha value is -2.49. The summed E-state index contributed by atoms with van der Waals surface area (Å²) in [5.74, 6) is 1.40. The third kappa shape index (κ3) is 2.30. The van der Waals surface area contributed by atoms with Crippen LogP contribution in [0.1, 0.15) is 12.8 Å². The summed E-state index contributed by atoms with van der Waals surface area (Å²) < 4.78 is 13.1. The van der Waals surface area contributed by atoms with Crippen molar-refractivity contribution in [1.82, 2.24) is 9.97 Å². The molecule has 2 aromatic carbocycles. The minimum atomic E-state index is -0.246. The van der Waals surface area contributed by atoms with Crippen LogP contribution in [0.5, 0.6) is 0 Å². The molecule has 1 saturated heterocycles. The van der Waals surface area contributed by atoms with Crippen LogP contribution in [0, 0.1) is 5.82 Å². The van der Waals surface area contributed by atoms with Crippen molar-refractivity contribution >= 4 is 16.7 Å². The van der Waals surface area contributed by atoms with Crippen LogP contribution in [0.2, 0.25) is 0 Å². The largest absolute Gasteiger partial charge is 0.356 e. The van der Waals surface area contributed by atoms with Crippen molar-refractivity contribution < 1.29 is 4.39 Å². The Bertz CT molecular complexity index is 808. The summed E-state index contributed by atoms with van der Waals surface area (Å²) in [6, 6.07) is 14.4. The van der Waals surface area contributed by atoms with Gasteiger partial charge in [-0.15, -0.1) is 0 Å². The fraction of sp³-hybridized carbons (Fsp3) is 0.222. The zero-order valence-electron chi connectivity index (χ0n) is 12.2. The lowest BCUT2D eigenvalue weighted by atomic mass is 10.1. The van der Waals surface area contributed by atoms with E-state index in [2.05, 4.69) is 16.0 Å². The first-order chi connectivity index (χ1) is 10.8. The maximum Gasteiger partial charge on any atom is 0.162 e.